The van der Waals surface area contributed by atoms with Crippen LogP contribution in [0.3, 0.4) is 0 Å². The van der Waals surface area contributed by atoms with E-state index in [4.69, 9.17) is 0 Å². The molecule has 0 bridgehead atoms. The summed E-state index contributed by atoms with van der Waals surface area (Å²) < 4.78 is 0. The lowest BCUT2D eigenvalue weighted by Gasteiger charge is -2.38. The molecule has 108 valence electrons. The van der Waals surface area contributed by atoms with Gasteiger partial charge in [0.15, 0.2) is 0 Å². The van der Waals surface area contributed by atoms with Crippen LogP contribution in [0.15, 0.2) is 0 Å². The van der Waals surface area contributed by atoms with Gasteiger partial charge in [-0.25, -0.2) is 4.79 Å². The molecule has 0 spiro atoms. The van der Waals surface area contributed by atoms with Crippen LogP contribution in [-0.4, -0.2) is 53.6 Å². The summed E-state index contributed by atoms with van der Waals surface area (Å²) in [6, 6.07) is 0.0477. The first kappa shape index (κ1) is 14.2. The highest BCUT2D eigenvalue weighted by Crippen LogP contribution is 2.38. The third-order valence-corrected chi connectivity index (χ3v) is 4.76. The third-order valence-electron chi connectivity index (χ3n) is 4.76. The largest absolute Gasteiger partial charge is 0.481 e. The number of hydrogen-bond acceptors (Lipinski definition) is 2. The van der Waals surface area contributed by atoms with Gasteiger partial charge in [0.1, 0.15) is 0 Å². The van der Waals surface area contributed by atoms with Crippen molar-refractivity contribution in [2.24, 2.45) is 17.3 Å². The van der Waals surface area contributed by atoms with Gasteiger partial charge in [-0.3, -0.25) is 4.79 Å². The van der Waals surface area contributed by atoms with Crippen molar-refractivity contribution in [1.82, 2.24) is 9.80 Å². The number of piperidine rings is 1. The molecule has 2 fully saturated rings. The van der Waals surface area contributed by atoms with Crippen molar-refractivity contribution in [3.8, 4) is 0 Å². The number of amides is 2. The molecule has 1 saturated carbocycles. The second-order valence-electron chi connectivity index (χ2n) is 6.49. The molecule has 5 nitrogen and oxygen atoms in total. The van der Waals surface area contributed by atoms with E-state index in [9.17, 15) is 14.7 Å². The van der Waals surface area contributed by atoms with Crippen LogP contribution >= 0.6 is 0 Å². The summed E-state index contributed by atoms with van der Waals surface area (Å²) in [6.45, 7) is 5.90. The maximum absolute atomic E-state index is 12.3. The molecule has 2 unspecified atom stereocenters. The van der Waals surface area contributed by atoms with Gasteiger partial charge in [0.05, 0.1) is 5.41 Å². The predicted molar refractivity (Wildman–Crippen MR) is 71.8 cm³/mol. The average molecular weight is 268 g/mol. The molecule has 5 heteroatoms. The molecule has 1 saturated heterocycles. The van der Waals surface area contributed by atoms with Crippen LogP contribution in [0.25, 0.3) is 0 Å². The quantitative estimate of drug-likeness (QED) is 0.850. The number of hydrogen-bond donors (Lipinski definition) is 1. The molecule has 2 rings (SSSR count). The van der Waals surface area contributed by atoms with Crippen molar-refractivity contribution in [3.05, 3.63) is 0 Å². The number of urea groups is 1. The van der Waals surface area contributed by atoms with E-state index in [2.05, 4.69) is 6.92 Å². The molecule has 1 heterocycles. The van der Waals surface area contributed by atoms with Gasteiger partial charge in [0.25, 0.3) is 0 Å². The summed E-state index contributed by atoms with van der Waals surface area (Å²) in [5.41, 5.74) is -0.666. The Morgan fingerprint density at radius 3 is 2.32 bits per heavy atom. The first-order valence-electron chi connectivity index (χ1n) is 7.07. The van der Waals surface area contributed by atoms with Crippen LogP contribution in [0, 0.1) is 17.3 Å². The van der Waals surface area contributed by atoms with Gasteiger partial charge < -0.3 is 14.9 Å². The number of carboxylic acids is 1. The van der Waals surface area contributed by atoms with Crippen LogP contribution in [-0.2, 0) is 4.79 Å². The minimum atomic E-state index is -0.750. The van der Waals surface area contributed by atoms with E-state index in [1.54, 1.807) is 16.7 Å². The number of carbonyl (C=O) groups excluding carboxylic acids is 1. The van der Waals surface area contributed by atoms with Crippen molar-refractivity contribution in [2.45, 2.75) is 33.1 Å². The van der Waals surface area contributed by atoms with Crippen LogP contribution < -0.4 is 0 Å². The van der Waals surface area contributed by atoms with Gasteiger partial charge in [0.2, 0.25) is 0 Å². The summed E-state index contributed by atoms with van der Waals surface area (Å²) in [5.74, 6) is 0.648. The van der Waals surface area contributed by atoms with E-state index in [0.29, 0.717) is 31.8 Å². The predicted octanol–water partition coefficient (Wildman–Crippen LogP) is 1.88. The Morgan fingerprint density at radius 1 is 1.37 bits per heavy atom. The zero-order valence-corrected chi connectivity index (χ0v) is 12.1. The second kappa shape index (κ2) is 5.02. The van der Waals surface area contributed by atoms with E-state index in [1.165, 1.54) is 6.42 Å². The number of carboxylic acid groups (broad SMARTS) is 1. The Hall–Kier alpha value is -1.26. The average Bonchev–Trinajstić information content (AvgIpc) is 3.04. The molecular weight excluding hydrogens is 244 g/mol. The van der Waals surface area contributed by atoms with Crippen LogP contribution in [0.1, 0.15) is 33.1 Å². The van der Waals surface area contributed by atoms with E-state index in [0.717, 1.165) is 12.5 Å². The molecule has 0 aromatic carbocycles. The smallest absolute Gasteiger partial charge is 0.319 e. The zero-order valence-electron chi connectivity index (χ0n) is 12.1. The fourth-order valence-electron chi connectivity index (χ4n) is 2.73. The summed E-state index contributed by atoms with van der Waals surface area (Å²) in [6.07, 6.45) is 2.30. The van der Waals surface area contributed by atoms with Crippen LogP contribution in [0.4, 0.5) is 4.79 Å². The fraction of sp³-hybridized carbons (Fsp3) is 0.857. The number of rotatable bonds is 3. The van der Waals surface area contributed by atoms with Gasteiger partial charge in [-0.1, -0.05) is 6.92 Å². The lowest BCUT2D eigenvalue weighted by atomic mass is 9.80. The SMILES string of the molecule is CC1CC1CN(C)C(=O)N1CCC(C)(C(=O)O)CC1. The molecule has 19 heavy (non-hydrogen) atoms. The highest BCUT2D eigenvalue weighted by atomic mass is 16.4. The van der Waals surface area contributed by atoms with Gasteiger partial charge in [-0.2, -0.15) is 0 Å². The topological polar surface area (TPSA) is 60.9 Å². The van der Waals surface area contributed by atoms with E-state index in [1.807, 2.05) is 7.05 Å². The van der Waals surface area contributed by atoms with Crippen molar-refractivity contribution < 1.29 is 14.7 Å². The Morgan fingerprint density at radius 2 is 1.89 bits per heavy atom. The second-order valence-corrected chi connectivity index (χ2v) is 6.49. The Balaban J connectivity index is 1.83. The maximum Gasteiger partial charge on any atom is 0.319 e. The highest BCUT2D eigenvalue weighted by molar-refractivity contribution is 5.77. The number of carbonyl (C=O) groups is 2. The number of aliphatic carboxylic acids is 1. The molecular formula is C14H24N2O3. The molecule has 1 aliphatic heterocycles. The van der Waals surface area contributed by atoms with Crippen LogP contribution in [0.2, 0.25) is 0 Å². The molecule has 2 atom stereocenters. The molecule has 0 aromatic heterocycles. The molecule has 1 N–H and O–H groups in total. The van der Waals surface area contributed by atoms with Gasteiger partial charge in [-0.05, 0) is 38.0 Å². The fourth-order valence-corrected chi connectivity index (χ4v) is 2.73. The summed E-state index contributed by atoms with van der Waals surface area (Å²) in [5, 5.41) is 9.17. The molecule has 2 aliphatic rings. The Kier molecular flexibility index (Phi) is 3.74. The lowest BCUT2D eigenvalue weighted by molar-refractivity contribution is -0.150. The standard InChI is InChI=1S/C14H24N2O3/c1-10-8-11(10)9-15(3)13(19)16-6-4-14(2,5-7-16)12(17)18/h10-11H,4-9H2,1-3H3,(H,17,18). The van der Waals surface area contributed by atoms with Crippen molar-refractivity contribution >= 4 is 12.0 Å². The van der Waals surface area contributed by atoms with Crippen LogP contribution in [0.5, 0.6) is 0 Å². The number of likely N-dealkylation sites (tertiary alicyclic amines) is 1. The van der Waals surface area contributed by atoms with E-state index < -0.39 is 11.4 Å². The van der Waals surface area contributed by atoms with Crippen molar-refractivity contribution in [1.29, 1.82) is 0 Å². The normalized spacial score (nSPS) is 28.9. The monoisotopic (exact) mass is 268 g/mol. The highest BCUT2D eigenvalue weighted by Gasteiger charge is 2.39. The van der Waals surface area contributed by atoms with E-state index >= 15 is 0 Å². The lowest BCUT2D eigenvalue weighted by Crippen LogP contribution is -2.49. The molecule has 2 amide bonds. The maximum atomic E-state index is 12.3. The minimum absolute atomic E-state index is 0.0477. The minimum Gasteiger partial charge on any atom is -0.481 e. The number of nitrogens with zero attached hydrogens (tertiary/aromatic N) is 2. The first-order valence-corrected chi connectivity index (χ1v) is 7.07. The van der Waals surface area contributed by atoms with Crippen molar-refractivity contribution in [3.63, 3.8) is 0 Å². The van der Waals surface area contributed by atoms with Gasteiger partial charge >= 0.3 is 12.0 Å². The summed E-state index contributed by atoms with van der Waals surface area (Å²) in [7, 11) is 1.85. The van der Waals surface area contributed by atoms with Crippen molar-refractivity contribution in [2.75, 3.05) is 26.7 Å². The summed E-state index contributed by atoms with van der Waals surface area (Å²) >= 11 is 0. The Bertz CT molecular complexity index is 375. The third kappa shape index (κ3) is 3.01. The molecule has 0 radical (unpaired) electrons. The first-order chi connectivity index (χ1) is 8.83. The molecule has 1 aliphatic carbocycles. The van der Waals surface area contributed by atoms with Gasteiger partial charge in [-0.15, -0.1) is 0 Å². The van der Waals surface area contributed by atoms with Gasteiger partial charge in [0, 0.05) is 26.7 Å². The molecule has 0 aromatic rings. The van der Waals surface area contributed by atoms with E-state index in [-0.39, 0.29) is 6.03 Å². The summed E-state index contributed by atoms with van der Waals surface area (Å²) in [4.78, 5) is 27.0. The zero-order chi connectivity index (χ0) is 14.2. The Labute approximate surface area is 114 Å².